The van der Waals surface area contributed by atoms with Gasteiger partial charge >= 0.3 is 0 Å². The third-order valence-electron chi connectivity index (χ3n) is 2.49. The monoisotopic (exact) mass is 184 g/mol. The molecule has 1 rings (SSSR count). The van der Waals surface area contributed by atoms with Crippen LogP contribution < -0.4 is 0 Å². The average molecular weight is 184 g/mol. The Morgan fingerprint density at radius 1 is 1.54 bits per heavy atom. The van der Waals surface area contributed by atoms with E-state index in [0.717, 1.165) is 25.5 Å². The SMILES string of the molecule is CC(C)(C)CC1CCC(C)(C=O)O1. The summed E-state index contributed by atoms with van der Waals surface area (Å²) in [4.78, 5) is 10.7. The number of aldehydes is 1. The number of hydrogen-bond donors (Lipinski definition) is 0. The molecule has 76 valence electrons. The number of carbonyl (C=O) groups is 1. The summed E-state index contributed by atoms with van der Waals surface area (Å²) >= 11 is 0. The molecule has 2 unspecified atom stereocenters. The highest BCUT2D eigenvalue weighted by Crippen LogP contribution is 2.34. The molecule has 0 bridgehead atoms. The molecule has 0 aliphatic carbocycles. The van der Waals surface area contributed by atoms with Crippen molar-refractivity contribution < 1.29 is 9.53 Å². The molecule has 1 fully saturated rings. The van der Waals surface area contributed by atoms with Crippen LogP contribution in [-0.2, 0) is 9.53 Å². The lowest BCUT2D eigenvalue weighted by Crippen LogP contribution is -2.28. The van der Waals surface area contributed by atoms with E-state index in [1.54, 1.807) is 0 Å². The third-order valence-corrected chi connectivity index (χ3v) is 2.49. The zero-order valence-corrected chi connectivity index (χ0v) is 9.09. The number of carbonyl (C=O) groups excluding carboxylic acids is 1. The second-order valence-corrected chi connectivity index (χ2v) is 5.47. The molecule has 0 aromatic heterocycles. The van der Waals surface area contributed by atoms with Crippen molar-refractivity contribution in [2.75, 3.05) is 0 Å². The molecule has 0 saturated carbocycles. The van der Waals surface area contributed by atoms with Crippen LogP contribution >= 0.6 is 0 Å². The van der Waals surface area contributed by atoms with E-state index in [0.29, 0.717) is 5.41 Å². The second-order valence-electron chi connectivity index (χ2n) is 5.47. The van der Waals surface area contributed by atoms with E-state index in [2.05, 4.69) is 20.8 Å². The van der Waals surface area contributed by atoms with Gasteiger partial charge in [-0.3, -0.25) is 0 Å². The fourth-order valence-electron chi connectivity index (χ4n) is 1.86. The zero-order valence-electron chi connectivity index (χ0n) is 9.09. The van der Waals surface area contributed by atoms with Gasteiger partial charge in [0, 0.05) is 0 Å². The first kappa shape index (κ1) is 10.7. The van der Waals surface area contributed by atoms with Crippen LogP contribution in [0.4, 0.5) is 0 Å². The fraction of sp³-hybridized carbons (Fsp3) is 0.909. The topological polar surface area (TPSA) is 26.3 Å². The summed E-state index contributed by atoms with van der Waals surface area (Å²) in [5.41, 5.74) is -0.214. The molecule has 2 heteroatoms. The van der Waals surface area contributed by atoms with Gasteiger partial charge in [0.1, 0.15) is 5.60 Å². The third kappa shape index (κ3) is 3.11. The lowest BCUT2D eigenvalue weighted by molar-refractivity contribution is -0.128. The van der Waals surface area contributed by atoms with E-state index in [-0.39, 0.29) is 6.10 Å². The highest BCUT2D eigenvalue weighted by Gasteiger charge is 2.37. The summed E-state index contributed by atoms with van der Waals surface area (Å²) in [6, 6.07) is 0. The summed E-state index contributed by atoms with van der Waals surface area (Å²) in [6.45, 7) is 8.48. The van der Waals surface area contributed by atoms with Crippen molar-refractivity contribution in [2.24, 2.45) is 5.41 Å². The largest absolute Gasteiger partial charge is 0.365 e. The van der Waals surface area contributed by atoms with Crippen molar-refractivity contribution in [1.29, 1.82) is 0 Å². The van der Waals surface area contributed by atoms with Gasteiger partial charge in [0.25, 0.3) is 0 Å². The summed E-state index contributed by atoms with van der Waals surface area (Å²) in [6.07, 6.45) is 4.14. The van der Waals surface area contributed by atoms with Gasteiger partial charge in [0.15, 0.2) is 6.29 Å². The summed E-state index contributed by atoms with van der Waals surface area (Å²) in [7, 11) is 0. The van der Waals surface area contributed by atoms with Gasteiger partial charge in [-0.2, -0.15) is 0 Å². The summed E-state index contributed by atoms with van der Waals surface area (Å²) in [5, 5.41) is 0. The Hall–Kier alpha value is -0.370. The van der Waals surface area contributed by atoms with Gasteiger partial charge in [0.05, 0.1) is 6.10 Å². The zero-order chi connectivity index (χ0) is 10.1. The van der Waals surface area contributed by atoms with Gasteiger partial charge in [-0.05, 0) is 31.6 Å². The molecule has 0 N–H and O–H groups in total. The number of hydrogen-bond acceptors (Lipinski definition) is 2. The van der Waals surface area contributed by atoms with Crippen molar-refractivity contribution in [3.05, 3.63) is 0 Å². The van der Waals surface area contributed by atoms with E-state index in [1.165, 1.54) is 0 Å². The van der Waals surface area contributed by atoms with Crippen molar-refractivity contribution in [1.82, 2.24) is 0 Å². The summed E-state index contributed by atoms with van der Waals surface area (Å²) in [5.74, 6) is 0. The Morgan fingerprint density at radius 3 is 2.54 bits per heavy atom. The van der Waals surface area contributed by atoms with Crippen LogP contribution in [0.15, 0.2) is 0 Å². The number of ether oxygens (including phenoxy) is 1. The fourth-order valence-corrected chi connectivity index (χ4v) is 1.86. The molecule has 0 aromatic carbocycles. The van der Waals surface area contributed by atoms with Gasteiger partial charge in [0.2, 0.25) is 0 Å². The minimum Gasteiger partial charge on any atom is -0.365 e. The molecule has 0 spiro atoms. The van der Waals surface area contributed by atoms with E-state index in [1.807, 2.05) is 6.92 Å². The Bertz CT molecular complexity index is 193. The molecule has 1 aliphatic rings. The molecule has 2 nitrogen and oxygen atoms in total. The van der Waals surface area contributed by atoms with Gasteiger partial charge in [-0.15, -0.1) is 0 Å². The summed E-state index contributed by atoms with van der Waals surface area (Å²) < 4.78 is 5.71. The average Bonchev–Trinajstić information content (AvgIpc) is 2.30. The Labute approximate surface area is 80.7 Å². The first-order chi connectivity index (χ1) is 5.85. The van der Waals surface area contributed by atoms with E-state index < -0.39 is 5.60 Å². The van der Waals surface area contributed by atoms with Crippen LogP contribution in [0.25, 0.3) is 0 Å². The normalized spacial score (nSPS) is 34.9. The van der Waals surface area contributed by atoms with E-state index in [4.69, 9.17) is 4.74 Å². The molecule has 0 aromatic rings. The lowest BCUT2D eigenvalue weighted by atomic mass is 9.88. The van der Waals surface area contributed by atoms with Crippen LogP contribution in [0.3, 0.4) is 0 Å². The molecular weight excluding hydrogens is 164 g/mol. The highest BCUT2D eigenvalue weighted by molar-refractivity contribution is 5.62. The first-order valence-electron chi connectivity index (χ1n) is 4.99. The Kier molecular flexibility index (Phi) is 2.81. The second kappa shape index (κ2) is 3.41. The van der Waals surface area contributed by atoms with Gasteiger partial charge in [-0.25, -0.2) is 0 Å². The van der Waals surface area contributed by atoms with Crippen LogP contribution in [0.1, 0.15) is 47.0 Å². The molecule has 13 heavy (non-hydrogen) atoms. The molecule has 1 aliphatic heterocycles. The standard InChI is InChI=1S/C11H20O2/c1-10(2,3)7-9-5-6-11(4,8-12)13-9/h8-9H,5-7H2,1-4H3. The molecule has 2 atom stereocenters. The Balaban J connectivity index is 2.46. The van der Waals surface area contributed by atoms with E-state index in [9.17, 15) is 4.79 Å². The van der Waals surface area contributed by atoms with Gasteiger partial charge < -0.3 is 9.53 Å². The Morgan fingerprint density at radius 2 is 2.15 bits per heavy atom. The maximum atomic E-state index is 10.7. The molecule has 1 heterocycles. The molecule has 0 radical (unpaired) electrons. The quantitative estimate of drug-likeness (QED) is 0.616. The minimum atomic E-state index is -0.504. The van der Waals surface area contributed by atoms with Crippen molar-refractivity contribution in [2.45, 2.75) is 58.7 Å². The maximum absolute atomic E-state index is 10.7. The van der Waals surface area contributed by atoms with Crippen LogP contribution in [0.2, 0.25) is 0 Å². The minimum absolute atomic E-state index is 0.273. The van der Waals surface area contributed by atoms with Gasteiger partial charge in [-0.1, -0.05) is 20.8 Å². The van der Waals surface area contributed by atoms with Crippen molar-refractivity contribution in [3.8, 4) is 0 Å². The van der Waals surface area contributed by atoms with Crippen LogP contribution in [-0.4, -0.2) is 18.0 Å². The lowest BCUT2D eigenvalue weighted by Gasteiger charge is -2.24. The molecule has 0 amide bonds. The first-order valence-corrected chi connectivity index (χ1v) is 4.99. The smallest absolute Gasteiger partial charge is 0.151 e. The predicted octanol–water partition coefficient (Wildman–Crippen LogP) is 2.56. The molecule has 1 saturated heterocycles. The van der Waals surface area contributed by atoms with Crippen LogP contribution in [0, 0.1) is 5.41 Å². The van der Waals surface area contributed by atoms with E-state index >= 15 is 0 Å². The maximum Gasteiger partial charge on any atom is 0.151 e. The molecular formula is C11H20O2. The predicted molar refractivity (Wildman–Crippen MR) is 52.6 cm³/mol. The van der Waals surface area contributed by atoms with Crippen LogP contribution in [0.5, 0.6) is 0 Å². The number of rotatable bonds is 2. The highest BCUT2D eigenvalue weighted by atomic mass is 16.5. The van der Waals surface area contributed by atoms with Crippen molar-refractivity contribution in [3.63, 3.8) is 0 Å². The van der Waals surface area contributed by atoms with Crippen molar-refractivity contribution >= 4 is 6.29 Å².